The number of methoxy groups -OCH3 is 2. The van der Waals surface area contributed by atoms with Crippen LogP contribution in [0.5, 0.6) is 17.2 Å². The number of amides is 1. The van der Waals surface area contributed by atoms with Gasteiger partial charge in [-0.15, -0.1) is 0 Å². The fourth-order valence-electron chi connectivity index (χ4n) is 3.77. The monoisotopic (exact) mass is 412 g/mol. The number of carbonyl (C=O) groups is 1. The molecule has 0 unspecified atom stereocenters. The van der Waals surface area contributed by atoms with Crippen LogP contribution in [0.15, 0.2) is 48.5 Å². The van der Waals surface area contributed by atoms with E-state index >= 15 is 0 Å². The van der Waals surface area contributed by atoms with Gasteiger partial charge in [0, 0.05) is 19.1 Å². The number of hydrogen-bond acceptors (Lipinski definition) is 5. The normalized spacial score (nSPS) is 16.6. The maximum Gasteiger partial charge on any atom is 0.415 e. The van der Waals surface area contributed by atoms with Crippen molar-refractivity contribution in [2.24, 2.45) is 0 Å². The summed E-state index contributed by atoms with van der Waals surface area (Å²) >= 11 is 0. The molecule has 1 fully saturated rings. The smallest absolute Gasteiger partial charge is 0.415 e. The molecule has 1 amide bonds. The molecule has 0 spiro atoms. The first-order valence-corrected chi connectivity index (χ1v) is 10.7. The van der Waals surface area contributed by atoms with Crippen LogP contribution in [0.4, 0.5) is 4.79 Å². The van der Waals surface area contributed by atoms with Crippen molar-refractivity contribution in [3.63, 3.8) is 0 Å². The molecule has 0 aromatic heterocycles. The first-order chi connectivity index (χ1) is 14.7. The van der Waals surface area contributed by atoms with E-state index in [-0.39, 0.29) is 6.09 Å². The van der Waals surface area contributed by atoms with E-state index in [1.165, 1.54) is 5.56 Å². The van der Waals surface area contributed by atoms with E-state index in [0.717, 1.165) is 63.2 Å². The number of likely N-dealkylation sites (tertiary alicyclic amines) is 1. The number of nitrogens with one attached hydrogen (secondary N) is 1. The molecule has 0 radical (unpaired) electrons. The first-order valence-electron chi connectivity index (χ1n) is 10.7. The lowest BCUT2D eigenvalue weighted by Gasteiger charge is -2.20. The van der Waals surface area contributed by atoms with Crippen molar-refractivity contribution in [3.8, 4) is 17.2 Å². The summed E-state index contributed by atoms with van der Waals surface area (Å²) in [6.07, 6.45) is 4.78. The van der Waals surface area contributed by atoms with Gasteiger partial charge in [0.05, 0.1) is 14.2 Å². The van der Waals surface area contributed by atoms with E-state index in [1.54, 1.807) is 26.4 Å². The summed E-state index contributed by atoms with van der Waals surface area (Å²) in [6.45, 7) is 2.42. The van der Waals surface area contributed by atoms with Crippen molar-refractivity contribution in [1.82, 2.24) is 10.2 Å². The summed E-state index contributed by atoms with van der Waals surface area (Å²) < 4.78 is 16.1. The SMILES string of the molecule is COc1ccc(CCCN[C@H]2CCCN(C(=O)Oc3ccccc3)CC2)cc1OC. The maximum absolute atomic E-state index is 12.4. The summed E-state index contributed by atoms with van der Waals surface area (Å²) in [4.78, 5) is 14.2. The minimum absolute atomic E-state index is 0.254. The molecule has 3 rings (SSSR count). The molecule has 1 atom stereocenters. The van der Waals surface area contributed by atoms with Crippen molar-refractivity contribution in [2.75, 3.05) is 33.9 Å². The van der Waals surface area contributed by atoms with Crippen LogP contribution in [0.1, 0.15) is 31.2 Å². The van der Waals surface area contributed by atoms with E-state index in [2.05, 4.69) is 11.4 Å². The summed E-state index contributed by atoms with van der Waals surface area (Å²) in [7, 11) is 3.31. The summed E-state index contributed by atoms with van der Waals surface area (Å²) in [5, 5.41) is 3.66. The lowest BCUT2D eigenvalue weighted by molar-refractivity contribution is 0.153. The number of benzene rings is 2. The quantitative estimate of drug-likeness (QED) is 0.656. The highest BCUT2D eigenvalue weighted by atomic mass is 16.6. The van der Waals surface area contributed by atoms with Crippen LogP contribution in [0, 0.1) is 0 Å². The van der Waals surface area contributed by atoms with Gasteiger partial charge in [-0.05, 0) is 68.5 Å². The average Bonchev–Trinajstić information content (AvgIpc) is 3.03. The molecule has 0 aliphatic carbocycles. The molecule has 1 saturated heterocycles. The third kappa shape index (κ3) is 6.39. The predicted octanol–water partition coefficient (Wildman–Crippen LogP) is 4.28. The molecule has 1 N–H and O–H groups in total. The van der Waals surface area contributed by atoms with Gasteiger partial charge in [0.2, 0.25) is 0 Å². The third-order valence-electron chi connectivity index (χ3n) is 5.46. The fraction of sp³-hybridized carbons (Fsp3) is 0.458. The van der Waals surface area contributed by atoms with E-state index in [1.807, 2.05) is 35.2 Å². The molecular formula is C24H32N2O4. The Labute approximate surface area is 179 Å². The van der Waals surface area contributed by atoms with Crippen LogP contribution in [0.3, 0.4) is 0 Å². The number of aryl methyl sites for hydroxylation is 1. The Bertz CT molecular complexity index is 797. The zero-order valence-corrected chi connectivity index (χ0v) is 17.9. The molecule has 2 aromatic carbocycles. The van der Waals surface area contributed by atoms with E-state index in [0.29, 0.717) is 11.8 Å². The van der Waals surface area contributed by atoms with E-state index < -0.39 is 0 Å². The molecule has 1 aliphatic rings. The van der Waals surface area contributed by atoms with Crippen LogP contribution in [0.2, 0.25) is 0 Å². The Morgan fingerprint density at radius 1 is 1.03 bits per heavy atom. The van der Waals surface area contributed by atoms with Gasteiger partial charge in [-0.25, -0.2) is 4.79 Å². The van der Waals surface area contributed by atoms with Gasteiger partial charge in [0.15, 0.2) is 11.5 Å². The number of carbonyl (C=O) groups excluding carboxylic acids is 1. The van der Waals surface area contributed by atoms with Crippen molar-refractivity contribution in [3.05, 3.63) is 54.1 Å². The average molecular weight is 413 g/mol. The Morgan fingerprint density at radius 2 is 1.83 bits per heavy atom. The van der Waals surface area contributed by atoms with Gasteiger partial charge in [-0.3, -0.25) is 0 Å². The number of rotatable bonds is 8. The second kappa shape index (κ2) is 11.5. The Kier molecular flexibility index (Phi) is 8.39. The molecule has 1 aliphatic heterocycles. The highest BCUT2D eigenvalue weighted by Gasteiger charge is 2.21. The number of nitrogens with zero attached hydrogens (tertiary/aromatic N) is 1. The van der Waals surface area contributed by atoms with Gasteiger partial charge in [-0.1, -0.05) is 24.3 Å². The predicted molar refractivity (Wildman–Crippen MR) is 118 cm³/mol. The van der Waals surface area contributed by atoms with Crippen molar-refractivity contribution >= 4 is 6.09 Å². The largest absolute Gasteiger partial charge is 0.493 e. The van der Waals surface area contributed by atoms with Crippen molar-refractivity contribution in [1.29, 1.82) is 0 Å². The molecule has 6 heteroatoms. The number of para-hydroxylation sites is 1. The Morgan fingerprint density at radius 3 is 2.60 bits per heavy atom. The minimum Gasteiger partial charge on any atom is -0.493 e. The zero-order valence-electron chi connectivity index (χ0n) is 17.9. The molecule has 0 bridgehead atoms. The maximum atomic E-state index is 12.4. The third-order valence-corrected chi connectivity index (χ3v) is 5.46. The molecule has 30 heavy (non-hydrogen) atoms. The molecule has 162 valence electrons. The van der Waals surface area contributed by atoms with Crippen molar-refractivity contribution in [2.45, 2.75) is 38.1 Å². The highest BCUT2D eigenvalue weighted by Crippen LogP contribution is 2.28. The van der Waals surface area contributed by atoms with Crippen LogP contribution < -0.4 is 19.5 Å². The van der Waals surface area contributed by atoms with Crippen LogP contribution in [-0.4, -0.2) is 50.9 Å². The highest BCUT2D eigenvalue weighted by molar-refractivity contribution is 5.70. The van der Waals surface area contributed by atoms with Crippen molar-refractivity contribution < 1.29 is 19.0 Å². The van der Waals surface area contributed by atoms with Crippen LogP contribution in [-0.2, 0) is 6.42 Å². The summed E-state index contributed by atoms with van der Waals surface area (Å²) in [5.74, 6) is 2.12. The van der Waals surface area contributed by atoms with Gasteiger partial charge in [0.1, 0.15) is 5.75 Å². The molecule has 6 nitrogen and oxygen atoms in total. The number of ether oxygens (including phenoxy) is 3. The van der Waals surface area contributed by atoms with Gasteiger partial charge in [0.25, 0.3) is 0 Å². The van der Waals surface area contributed by atoms with Crippen LogP contribution >= 0.6 is 0 Å². The summed E-state index contributed by atoms with van der Waals surface area (Å²) in [6, 6.07) is 15.8. The summed E-state index contributed by atoms with van der Waals surface area (Å²) in [5.41, 5.74) is 1.24. The van der Waals surface area contributed by atoms with Crippen LogP contribution in [0.25, 0.3) is 0 Å². The fourth-order valence-corrected chi connectivity index (χ4v) is 3.77. The molecule has 1 heterocycles. The Balaban J connectivity index is 1.38. The van der Waals surface area contributed by atoms with Gasteiger partial charge < -0.3 is 24.4 Å². The first kappa shape index (κ1) is 22.0. The topological polar surface area (TPSA) is 60.0 Å². The lowest BCUT2D eigenvalue weighted by atomic mass is 10.1. The zero-order chi connectivity index (χ0) is 21.2. The second-order valence-electron chi connectivity index (χ2n) is 7.54. The molecule has 2 aromatic rings. The van der Waals surface area contributed by atoms with E-state index in [4.69, 9.17) is 14.2 Å². The van der Waals surface area contributed by atoms with Gasteiger partial charge >= 0.3 is 6.09 Å². The molecular weight excluding hydrogens is 380 g/mol. The minimum atomic E-state index is -0.254. The second-order valence-corrected chi connectivity index (χ2v) is 7.54. The molecule has 0 saturated carbocycles. The lowest BCUT2D eigenvalue weighted by Crippen LogP contribution is -2.36. The Hall–Kier alpha value is -2.73. The standard InChI is InChI=1S/C24H32N2O4/c1-28-22-13-12-19(18-23(22)29-2)8-6-15-25-20-9-7-16-26(17-14-20)24(27)30-21-10-4-3-5-11-21/h3-5,10-13,18,20,25H,6-9,14-17H2,1-2H3/t20-/m0/s1. The van der Waals surface area contributed by atoms with Gasteiger partial charge in [-0.2, -0.15) is 0 Å². The number of hydrogen-bond donors (Lipinski definition) is 1. The van der Waals surface area contributed by atoms with E-state index in [9.17, 15) is 4.79 Å².